The lowest BCUT2D eigenvalue weighted by Gasteiger charge is -2.09. The lowest BCUT2D eigenvalue weighted by Crippen LogP contribution is -2.31. The first-order chi connectivity index (χ1) is 12.0. The van der Waals surface area contributed by atoms with Crippen molar-refractivity contribution in [3.05, 3.63) is 41.1 Å². The number of urea groups is 1. The Morgan fingerprint density at radius 3 is 2.84 bits per heavy atom. The second-order valence-corrected chi connectivity index (χ2v) is 6.62. The number of amides is 2. The molecule has 0 aliphatic heterocycles. The van der Waals surface area contributed by atoms with Crippen LogP contribution in [0.5, 0.6) is 0 Å². The Bertz CT molecular complexity index is 872. The highest BCUT2D eigenvalue weighted by molar-refractivity contribution is 9.10. The second-order valence-electron chi connectivity index (χ2n) is 5.84. The predicted molar refractivity (Wildman–Crippen MR) is 97.0 cm³/mol. The van der Waals surface area contributed by atoms with Gasteiger partial charge in [-0.15, -0.1) is 0 Å². The first-order valence-corrected chi connectivity index (χ1v) is 8.55. The minimum atomic E-state index is -0.250. The average molecular weight is 405 g/mol. The van der Waals surface area contributed by atoms with Gasteiger partial charge in [0.1, 0.15) is 0 Å². The Kier molecular flexibility index (Phi) is 5.18. The standard InChI is InChI=1S/C17H17BrN4O3/c1-10(2)9-19-17(23)20-12-5-3-4-11(8-12)15-21-16(25-22-15)13-6-7-14(18)24-13/h3-8,10H,9H2,1-2H3,(H2,19,20,23). The maximum atomic E-state index is 11.9. The minimum absolute atomic E-state index is 0.250. The normalized spacial score (nSPS) is 10.9. The summed E-state index contributed by atoms with van der Waals surface area (Å²) in [4.78, 5) is 16.2. The predicted octanol–water partition coefficient (Wildman–Crippen LogP) is 4.54. The van der Waals surface area contributed by atoms with E-state index >= 15 is 0 Å². The summed E-state index contributed by atoms with van der Waals surface area (Å²) < 4.78 is 11.2. The number of carbonyl (C=O) groups excluding carboxylic acids is 1. The smallest absolute Gasteiger partial charge is 0.319 e. The zero-order valence-corrected chi connectivity index (χ0v) is 15.3. The molecule has 25 heavy (non-hydrogen) atoms. The molecule has 0 spiro atoms. The van der Waals surface area contributed by atoms with Crippen LogP contribution in [0.2, 0.25) is 0 Å². The van der Waals surface area contributed by atoms with Gasteiger partial charge in [0.05, 0.1) is 0 Å². The number of nitrogens with zero attached hydrogens (tertiary/aromatic N) is 2. The van der Waals surface area contributed by atoms with E-state index < -0.39 is 0 Å². The van der Waals surface area contributed by atoms with E-state index in [1.54, 1.807) is 24.3 Å². The Hall–Kier alpha value is -2.61. The van der Waals surface area contributed by atoms with Gasteiger partial charge in [-0.1, -0.05) is 31.1 Å². The molecule has 0 atom stereocenters. The summed E-state index contributed by atoms with van der Waals surface area (Å²) in [5, 5.41) is 9.55. The maximum Gasteiger partial charge on any atom is 0.319 e. The average Bonchev–Trinajstić information content (AvgIpc) is 3.22. The Labute approximate surface area is 152 Å². The highest BCUT2D eigenvalue weighted by atomic mass is 79.9. The van der Waals surface area contributed by atoms with Crippen molar-refractivity contribution in [1.29, 1.82) is 0 Å². The van der Waals surface area contributed by atoms with E-state index in [4.69, 9.17) is 8.94 Å². The fourth-order valence-corrected chi connectivity index (χ4v) is 2.38. The van der Waals surface area contributed by atoms with Crippen LogP contribution in [0.25, 0.3) is 23.0 Å². The van der Waals surface area contributed by atoms with Crippen molar-refractivity contribution in [3.8, 4) is 23.0 Å². The molecule has 2 N–H and O–H groups in total. The summed E-state index contributed by atoms with van der Waals surface area (Å²) in [6, 6.07) is 10.5. The molecule has 0 saturated heterocycles. The third-order valence-electron chi connectivity index (χ3n) is 3.26. The first-order valence-electron chi connectivity index (χ1n) is 7.76. The van der Waals surface area contributed by atoms with Gasteiger partial charge in [-0.3, -0.25) is 0 Å². The molecule has 0 radical (unpaired) electrons. The Morgan fingerprint density at radius 1 is 1.28 bits per heavy atom. The molecule has 2 amide bonds. The minimum Gasteiger partial charge on any atom is -0.444 e. The number of anilines is 1. The Balaban J connectivity index is 1.73. The fourth-order valence-electron chi connectivity index (χ4n) is 2.08. The van der Waals surface area contributed by atoms with E-state index in [0.29, 0.717) is 34.4 Å². The molecule has 3 aromatic rings. The van der Waals surface area contributed by atoms with E-state index in [2.05, 4.69) is 36.7 Å². The van der Waals surface area contributed by atoms with Crippen LogP contribution in [-0.4, -0.2) is 22.7 Å². The molecular weight excluding hydrogens is 388 g/mol. The number of nitrogens with one attached hydrogen (secondary N) is 2. The van der Waals surface area contributed by atoms with Gasteiger partial charge < -0.3 is 19.6 Å². The van der Waals surface area contributed by atoms with Crippen LogP contribution in [0.3, 0.4) is 0 Å². The Morgan fingerprint density at radius 2 is 2.12 bits per heavy atom. The fraction of sp³-hybridized carbons (Fsp3) is 0.235. The maximum absolute atomic E-state index is 11.9. The molecule has 0 unspecified atom stereocenters. The zero-order valence-electron chi connectivity index (χ0n) is 13.7. The number of aromatic nitrogens is 2. The van der Waals surface area contributed by atoms with Crippen molar-refractivity contribution in [3.63, 3.8) is 0 Å². The van der Waals surface area contributed by atoms with Crippen molar-refractivity contribution < 1.29 is 13.7 Å². The molecule has 0 aliphatic rings. The number of hydrogen-bond donors (Lipinski definition) is 2. The van der Waals surface area contributed by atoms with Crippen LogP contribution in [-0.2, 0) is 0 Å². The molecule has 130 valence electrons. The van der Waals surface area contributed by atoms with E-state index in [0.717, 1.165) is 5.56 Å². The van der Waals surface area contributed by atoms with Gasteiger partial charge in [0.2, 0.25) is 5.82 Å². The number of benzene rings is 1. The largest absolute Gasteiger partial charge is 0.444 e. The van der Waals surface area contributed by atoms with E-state index in [-0.39, 0.29) is 11.9 Å². The van der Waals surface area contributed by atoms with Crippen molar-refractivity contribution in [2.45, 2.75) is 13.8 Å². The van der Waals surface area contributed by atoms with Crippen molar-refractivity contribution in [2.24, 2.45) is 5.92 Å². The van der Waals surface area contributed by atoms with E-state index in [1.165, 1.54) is 0 Å². The van der Waals surface area contributed by atoms with Crippen LogP contribution in [0.1, 0.15) is 13.8 Å². The third kappa shape index (κ3) is 4.48. The van der Waals surface area contributed by atoms with Crippen molar-refractivity contribution in [2.75, 3.05) is 11.9 Å². The zero-order chi connectivity index (χ0) is 17.8. The van der Waals surface area contributed by atoms with Crippen LogP contribution in [0, 0.1) is 5.92 Å². The lowest BCUT2D eigenvalue weighted by molar-refractivity contribution is 0.251. The molecule has 1 aromatic carbocycles. The van der Waals surface area contributed by atoms with E-state index in [9.17, 15) is 4.79 Å². The van der Waals surface area contributed by atoms with Gasteiger partial charge in [-0.25, -0.2) is 4.79 Å². The SMILES string of the molecule is CC(C)CNC(=O)Nc1cccc(-c2noc(-c3ccc(Br)o3)n2)c1. The summed E-state index contributed by atoms with van der Waals surface area (Å²) in [6.07, 6.45) is 0. The topological polar surface area (TPSA) is 93.2 Å². The second kappa shape index (κ2) is 7.52. The number of rotatable bonds is 5. The highest BCUT2D eigenvalue weighted by Crippen LogP contribution is 2.26. The lowest BCUT2D eigenvalue weighted by atomic mass is 10.2. The summed E-state index contributed by atoms with van der Waals surface area (Å²) in [6.45, 7) is 4.68. The summed E-state index contributed by atoms with van der Waals surface area (Å²) in [5.41, 5.74) is 1.37. The van der Waals surface area contributed by atoms with Crippen LogP contribution < -0.4 is 10.6 Å². The quantitative estimate of drug-likeness (QED) is 0.650. The van der Waals surface area contributed by atoms with Gasteiger partial charge in [0, 0.05) is 17.8 Å². The summed E-state index contributed by atoms with van der Waals surface area (Å²) in [5.74, 6) is 1.56. The van der Waals surface area contributed by atoms with Gasteiger partial charge in [0.15, 0.2) is 10.4 Å². The monoisotopic (exact) mass is 404 g/mol. The summed E-state index contributed by atoms with van der Waals surface area (Å²) >= 11 is 3.23. The van der Waals surface area contributed by atoms with E-state index in [1.807, 2.05) is 26.0 Å². The van der Waals surface area contributed by atoms with Gasteiger partial charge in [0.25, 0.3) is 5.89 Å². The van der Waals surface area contributed by atoms with Crippen LogP contribution in [0.15, 0.2) is 50.0 Å². The first kappa shape index (κ1) is 17.2. The number of carbonyl (C=O) groups is 1. The van der Waals surface area contributed by atoms with Crippen LogP contribution in [0.4, 0.5) is 10.5 Å². The van der Waals surface area contributed by atoms with Crippen LogP contribution >= 0.6 is 15.9 Å². The number of furan rings is 1. The molecule has 3 rings (SSSR count). The summed E-state index contributed by atoms with van der Waals surface area (Å²) in [7, 11) is 0. The van der Waals surface area contributed by atoms with Gasteiger partial charge in [-0.2, -0.15) is 4.98 Å². The molecule has 0 aliphatic carbocycles. The molecule has 0 bridgehead atoms. The molecular formula is C17H17BrN4O3. The van der Waals surface area contributed by atoms with Gasteiger partial charge in [-0.05, 0) is 46.1 Å². The third-order valence-corrected chi connectivity index (χ3v) is 3.69. The number of halogens is 1. The molecule has 8 heteroatoms. The van der Waals surface area contributed by atoms with Gasteiger partial charge >= 0.3 is 6.03 Å². The number of hydrogen-bond acceptors (Lipinski definition) is 5. The molecule has 2 heterocycles. The molecule has 2 aromatic heterocycles. The van der Waals surface area contributed by atoms with Crippen molar-refractivity contribution in [1.82, 2.24) is 15.5 Å². The molecule has 0 saturated carbocycles. The molecule has 0 fully saturated rings. The highest BCUT2D eigenvalue weighted by Gasteiger charge is 2.14. The molecule has 7 nitrogen and oxygen atoms in total. The van der Waals surface area contributed by atoms with Crippen molar-refractivity contribution >= 4 is 27.6 Å².